The first-order valence-corrected chi connectivity index (χ1v) is 11.3. The van der Waals surface area contributed by atoms with Crippen molar-refractivity contribution in [1.29, 1.82) is 0 Å². The molecule has 3 rings (SSSR count). The normalized spacial score (nSPS) is 25.0. The number of ether oxygens (including phenoxy) is 2. The van der Waals surface area contributed by atoms with Crippen molar-refractivity contribution in [3.63, 3.8) is 0 Å². The Balaban J connectivity index is 2.08. The third-order valence-corrected chi connectivity index (χ3v) is 7.49. The van der Waals surface area contributed by atoms with Gasteiger partial charge in [-0.1, -0.05) is 40.7 Å². The molecule has 2 fully saturated rings. The summed E-state index contributed by atoms with van der Waals surface area (Å²) in [6.45, 7) is 12.8. The predicted molar refractivity (Wildman–Crippen MR) is 124 cm³/mol. The predicted octanol–water partition coefficient (Wildman–Crippen LogP) is 5.80. The van der Waals surface area contributed by atoms with Gasteiger partial charge in [-0.25, -0.2) is 0 Å². The van der Waals surface area contributed by atoms with Gasteiger partial charge in [0.2, 0.25) is 5.91 Å². The highest BCUT2D eigenvalue weighted by Gasteiger charge is 2.65. The van der Waals surface area contributed by atoms with Crippen molar-refractivity contribution >= 4 is 23.5 Å². The molecule has 1 N–H and O–H groups in total. The molecule has 2 unspecified atom stereocenters. The second kappa shape index (κ2) is 8.89. The van der Waals surface area contributed by atoms with Crippen LogP contribution < -0.4 is 14.8 Å². The Morgan fingerprint density at radius 1 is 1.29 bits per heavy atom. The minimum Gasteiger partial charge on any atom is -0.493 e. The zero-order valence-corrected chi connectivity index (χ0v) is 19.5. The zero-order chi connectivity index (χ0) is 22.8. The van der Waals surface area contributed by atoms with Crippen LogP contribution in [0.3, 0.4) is 0 Å². The number of benzene rings is 1. The van der Waals surface area contributed by atoms with Crippen LogP contribution in [0.2, 0.25) is 0 Å². The topological polar surface area (TPSA) is 64.6 Å². The largest absolute Gasteiger partial charge is 0.493 e. The molecule has 0 aromatic heterocycles. The van der Waals surface area contributed by atoms with Crippen LogP contribution in [-0.4, -0.2) is 25.4 Å². The molecule has 2 aliphatic carbocycles. The van der Waals surface area contributed by atoms with E-state index >= 15 is 0 Å². The molecular weight excluding hydrogens is 390 g/mol. The van der Waals surface area contributed by atoms with Crippen molar-refractivity contribution in [3.05, 3.63) is 35.9 Å². The maximum absolute atomic E-state index is 13.5. The molecule has 0 heterocycles. The fraction of sp³-hybridized carbons (Fsp3) is 0.538. The standard InChI is InChI=1S/C26H35NO4/c1-7-10-13-31-22-16-20(27-23(28)8-2)17(15-21(22)30-6)14-18-19-11-12-26(9-3,24(18)29)25(19,4)5/h8,14-16,19H,2,7,9-13H2,1,3-6H3,(H,27,28). The van der Waals surface area contributed by atoms with Gasteiger partial charge in [-0.3, -0.25) is 9.59 Å². The van der Waals surface area contributed by atoms with Crippen LogP contribution in [0.5, 0.6) is 11.5 Å². The van der Waals surface area contributed by atoms with Gasteiger partial charge in [0.15, 0.2) is 17.3 Å². The van der Waals surface area contributed by atoms with Gasteiger partial charge in [0.25, 0.3) is 0 Å². The molecular formula is C26H35NO4. The first-order valence-electron chi connectivity index (χ1n) is 11.3. The Labute approximate surface area is 185 Å². The van der Waals surface area contributed by atoms with E-state index < -0.39 is 0 Å². The van der Waals surface area contributed by atoms with Crippen molar-refractivity contribution in [2.24, 2.45) is 16.7 Å². The van der Waals surface area contributed by atoms with Gasteiger partial charge < -0.3 is 14.8 Å². The van der Waals surface area contributed by atoms with Gasteiger partial charge in [0, 0.05) is 22.6 Å². The number of carbonyl (C=O) groups is 2. The number of nitrogens with one attached hydrogen (secondary N) is 1. The molecule has 2 aliphatic rings. The molecule has 0 radical (unpaired) electrons. The van der Waals surface area contributed by atoms with E-state index in [2.05, 4.69) is 39.6 Å². The van der Waals surface area contributed by atoms with E-state index in [1.165, 1.54) is 6.08 Å². The molecule has 1 aromatic carbocycles. The maximum Gasteiger partial charge on any atom is 0.247 e. The Bertz CT molecular complexity index is 914. The lowest BCUT2D eigenvalue weighted by atomic mass is 9.67. The summed E-state index contributed by atoms with van der Waals surface area (Å²) in [5.41, 5.74) is 1.83. The molecule has 1 aromatic rings. The van der Waals surface area contributed by atoms with Crippen LogP contribution in [0.1, 0.15) is 65.4 Å². The fourth-order valence-electron chi connectivity index (χ4n) is 5.50. The molecule has 5 nitrogen and oxygen atoms in total. The summed E-state index contributed by atoms with van der Waals surface area (Å²) in [6, 6.07) is 3.62. The SMILES string of the molecule is C=CC(=O)Nc1cc(OCCCC)c(OC)cc1C=C1C(=O)C2(CC)CCC1C2(C)C. The van der Waals surface area contributed by atoms with Crippen molar-refractivity contribution in [1.82, 2.24) is 0 Å². The van der Waals surface area contributed by atoms with Gasteiger partial charge >= 0.3 is 0 Å². The van der Waals surface area contributed by atoms with Crippen LogP contribution in [0.4, 0.5) is 5.69 Å². The lowest BCUT2D eigenvalue weighted by molar-refractivity contribution is -0.126. The van der Waals surface area contributed by atoms with Crippen LogP contribution in [0.15, 0.2) is 30.4 Å². The summed E-state index contributed by atoms with van der Waals surface area (Å²) < 4.78 is 11.5. The molecule has 1 amide bonds. The van der Waals surface area contributed by atoms with E-state index in [9.17, 15) is 9.59 Å². The van der Waals surface area contributed by atoms with Crippen molar-refractivity contribution in [2.45, 2.75) is 59.8 Å². The van der Waals surface area contributed by atoms with E-state index in [0.29, 0.717) is 23.8 Å². The lowest BCUT2D eigenvalue weighted by Gasteiger charge is -2.34. The number of methoxy groups -OCH3 is 1. The summed E-state index contributed by atoms with van der Waals surface area (Å²) >= 11 is 0. The van der Waals surface area contributed by atoms with Crippen molar-refractivity contribution in [2.75, 3.05) is 19.0 Å². The second-order valence-electron chi connectivity index (χ2n) is 9.16. The van der Waals surface area contributed by atoms with Crippen LogP contribution in [0, 0.1) is 16.7 Å². The molecule has 2 saturated carbocycles. The first kappa shape index (κ1) is 23.1. The second-order valence-corrected chi connectivity index (χ2v) is 9.16. The maximum atomic E-state index is 13.5. The summed E-state index contributed by atoms with van der Waals surface area (Å²) in [7, 11) is 1.60. The quantitative estimate of drug-likeness (QED) is 0.401. The van der Waals surface area contributed by atoms with E-state index in [1.807, 2.05) is 12.1 Å². The number of amides is 1. The Hall–Kier alpha value is -2.56. The van der Waals surface area contributed by atoms with E-state index in [1.54, 1.807) is 13.2 Å². The number of hydrogen-bond acceptors (Lipinski definition) is 4. The average molecular weight is 426 g/mol. The minimum absolute atomic E-state index is 0.0670. The highest BCUT2D eigenvalue weighted by molar-refractivity contribution is 6.09. The van der Waals surface area contributed by atoms with Gasteiger partial charge in [-0.15, -0.1) is 0 Å². The number of rotatable bonds is 9. The van der Waals surface area contributed by atoms with Crippen molar-refractivity contribution in [3.8, 4) is 11.5 Å². The zero-order valence-electron chi connectivity index (χ0n) is 19.5. The highest BCUT2D eigenvalue weighted by Crippen LogP contribution is 2.67. The third-order valence-electron chi connectivity index (χ3n) is 7.49. The Morgan fingerprint density at radius 3 is 2.61 bits per heavy atom. The molecule has 2 atom stereocenters. The summed E-state index contributed by atoms with van der Waals surface area (Å²) in [6.07, 6.45) is 7.94. The molecule has 5 heteroatoms. The van der Waals surface area contributed by atoms with Crippen LogP contribution in [0.25, 0.3) is 6.08 Å². The number of hydrogen-bond donors (Lipinski definition) is 1. The highest BCUT2D eigenvalue weighted by atomic mass is 16.5. The fourth-order valence-corrected chi connectivity index (χ4v) is 5.50. The number of carbonyl (C=O) groups excluding carboxylic acids is 2. The molecule has 0 saturated heterocycles. The number of anilines is 1. The van der Waals surface area contributed by atoms with Gasteiger partial charge in [0.1, 0.15) is 0 Å². The third kappa shape index (κ3) is 3.79. The van der Waals surface area contributed by atoms with Crippen LogP contribution >= 0.6 is 0 Å². The van der Waals surface area contributed by atoms with Gasteiger partial charge in [-0.2, -0.15) is 0 Å². The first-order chi connectivity index (χ1) is 14.7. The minimum atomic E-state index is -0.311. The summed E-state index contributed by atoms with van der Waals surface area (Å²) in [5, 5.41) is 2.87. The van der Waals surface area contributed by atoms with Gasteiger partial charge in [0.05, 0.1) is 19.4 Å². The smallest absolute Gasteiger partial charge is 0.247 e. The Morgan fingerprint density at radius 2 is 2.03 bits per heavy atom. The lowest BCUT2D eigenvalue weighted by Crippen LogP contribution is -2.35. The molecule has 168 valence electrons. The molecule has 0 aliphatic heterocycles. The number of ketones is 1. The Kier molecular flexibility index (Phi) is 6.63. The summed E-state index contributed by atoms with van der Waals surface area (Å²) in [5.74, 6) is 1.31. The van der Waals surface area contributed by atoms with Crippen LogP contribution in [-0.2, 0) is 9.59 Å². The van der Waals surface area contributed by atoms with Gasteiger partial charge in [-0.05, 0) is 55.2 Å². The van der Waals surface area contributed by atoms with E-state index in [-0.39, 0.29) is 28.4 Å². The molecule has 2 bridgehead atoms. The van der Waals surface area contributed by atoms with E-state index in [0.717, 1.165) is 43.2 Å². The molecule has 31 heavy (non-hydrogen) atoms. The number of unbranched alkanes of at least 4 members (excludes halogenated alkanes) is 1. The van der Waals surface area contributed by atoms with Crippen molar-refractivity contribution < 1.29 is 19.1 Å². The molecule has 0 spiro atoms. The average Bonchev–Trinajstić information content (AvgIpc) is 3.10. The van der Waals surface area contributed by atoms with E-state index in [4.69, 9.17) is 9.47 Å². The number of fused-ring (bicyclic) bond motifs is 2. The summed E-state index contributed by atoms with van der Waals surface area (Å²) in [4.78, 5) is 25.6. The number of Topliss-reactive ketones (excluding diaryl/α,β-unsaturated/α-hetero) is 1. The monoisotopic (exact) mass is 425 g/mol. The number of allylic oxidation sites excluding steroid dienone is 1.